The minimum Gasteiger partial charge on any atom is -0.319 e. The van der Waals surface area contributed by atoms with Crippen molar-refractivity contribution in [2.45, 2.75) is 38.0 Å². The van der Waals surface area contributed by atoms with E-state index in [1.165, 1.54) is 0 Å². The maximum atomic E-state index is 12.3. The van der Waals surface area contributed by atoms with Gasteiger partial charge in [0.1, 0.15) is 6.17 Å². The first kappa shape index (κ1) is 14.8. The van der Waals surface area contributed by atoms with Crippen molar-refractivity contribution < 1.29 is 4.79 Å². The van der Waals surface area contributed by atoms with Gasteiger partial charge in [-0.25, -0.2) is 0 Å². The number of likely N-dealkylation sites (tertiary alicyclic amines) is 1. The van der Waals surface area contributed by atoms with Crippen LogP contribution in [0.3, 0.4) is 0 Å². The lowest BCUT2D eigenvalue weighted by Crippen LogP contribution is -2.49. The molecule has 114 valence electrons. The van der Waals surface area contributed by atoms with Crippen molar-refractivity contribution in [2.24, 2.45) is 0 Å². The smallest absolute Gasteiger partial charge is 0.238 e. The molecule has 2 fully saturated rings. The predicted molar refractivity (Wildman–Crippen MR) is 84.2 cm³/mol. The fraction of sp³-hybridized carbons (Fsp3) is 0.562. The molecular weight excluding hydrogens is 286 g/mol. The van der Waals surface area contributed by atoms with Crippen LogP contribution in [0.2, 0.25) is 5.02 Å². The highest BCUT2D eigenvalue weighted by Gasteiger charge is 2.39. The number of benzene rings is 1. The molecule has 1 aromatic carbocycles. The van der Waals surface area contributed by atoms with Crippen molar-refractivity contribution in [2.75, 3.05) is 20.1 Å². The minimum atomic E-state index is -0.0446. The van der Waals surface area contributed by atoms with Gasteiger partial charge in [-0.1, -0.05) is 23.7 Å². The SMILES string of the molecule is CC1CC(N2C(=O)CNC2c2cccc(Cl)c2)CCN1C. The molecule has 2 saturated heterocycles. The highest BCUT2D eigenvalue weighted by molar-refractivity contribution is 6.30. The zero-order valence-electron chi connectivity index (χ0n) is 12.6. The molecule has 0 spiro atoms. The first-order valence-electron chi connectivity index (χ1n) is 7.56. The summed E-state index contributed by atoms with van der Waals surface area (Å²) in [6.07, 6.45) is 2.02. The van der Waals surface area contributed by atoms with Gasteiger partial charge in [0, 0.05) is 23.7 Å². The van der Waals surface area contributed by atoms with Gasteiger partial charge in [0.15, 0.2) is 0 Å². The molecule has 2 aliphatic rings. The molecule has 3 atom stereocenters. The Hall–Kier alpha value is -1.10. The molecule has 0 aromatic heterocycles. The maximum Gasteiger partial charge on any atom is 0.238 e. The molecule has 3 rings (SSSR count). The Labute approximate surface area is 131 Å². The number of hydrogen-bond acceptors (Lipinski definition) is 3. The second-order valence-corrected chi connectivity index (χ2v) is 6.58. The van der Waals surface area contributed by atoms with Gasteiger partial charge in [-0.3, -0.25) is 10.1 Å². The van der Waals surface area contributed by atoms with Crippen molar-refractivity contribution in [1.29, 1.82) is 0 Å². The molecule has 5 heteroatoms. The normalized spacial score (nSPS) is 30.9. The molecule has 4 nitrogen and oxygen atoms in total. The molecule has 1 amide bonds. The van der Waals surface area contributed by atoms with E-state index in [1.807, 2.05) is 29.2 Å². The summed E-state index contributed by atoms with van der Waals surface area (Å²) in [5.74, 6) is 0.196. The van der Waals surface area contributed by atoms with Crippen molar-refractivity contribution in [3.8, 4) is 0 Å². The number of amides is 1. The quantitative estimate of drug-likeness (QED) is 0.910. The van der Waals surface area contributed by atoms with Gasteiger partial charge in [-0.2, -0.15) is 0 Å². The highest BCUT2D eigenvalue weighted by atomic mass is 35.5. The van der Waals surface area contributed by atoms with Gasteiger partial charge in [0.25, 0.3) is 0 Å². The number of nitrogens with one attached hydrogen (secondary N) is 1. The Balaban J connectivity index is 1.83. The zero-order valence-corrected chi connectivity index (χ0v) is 13.3. The van der Waals surface area contributed by atoms with Gasteiger partial charge >= 0.3 is 0 Å². The largest absolute Gasteiger partial charge is 0.319 e. The van der Waals surface area contributed by atoms with Crippen molar-refractivity contribution in [1.82, 2.24) is 15.1 Å². The average molecular weight is 308 g/mol. The van der Waals surface area contributed by atoms with E-state index in [0.717, 1.165) is 24.9 Å². The van der Waals surface area contributed by atoms with Crippen molar-refractivity contribution >= 4 is 17.5 Å². The topological polar surface area (TPSA) is 35.6 Å². The van der Waals surface area contributed by atoms with Gasteiger partial charge in [-0.05, 0) is 44.5 Å². The summed E-state index contributed by atoms with van der Waals surface area (Å²) in [4.78, 5) is 16.7. The molecule has 2 heterocycles. The number of rotatable bonds is 2. The minimum absolute atomic E-state index is 0.0446. The van der Waals surface area contributed by atoms with Crippen LogP contribution in [0.15, 0.2) is 24.3 Å². The van der Waals surface area contributed by atoms with Gasteiger partial charge in [0.2, 0.25) is 5.91 Å². The van der Waals surface area contributed by atoms with Crippen LogP contribution < -0.4 is 5.32 Å². The zero-order chi connectivity index (χ0) is 15.0. The number of carbonyl (C=O) groups is 1. The van der Waals surface area contributed by atoms with E-state index < -0.39 is 0 Å². The molecule has 3 unspecified atom stereocenters. The van der Waals surface area contributed by atoms with E-state index in [2.05, 4.69) is 24.2 Å². The summed E-state index contributed by atoms with van der Waals surface area (Å²) in [6.45, 7) is 3.68. The van der Waals surface area contributed by atoms with Crippen molar-refractivity contribution in [3.05, 3.63) is 34.9 Å². The van der Waals surface area contributed by atoms with E-state index in [1.54, 1.807) is 0 Å². The third-order valence-electron chi connectivity index (χ3n) is 4.75. The van der Waals surface area contributed by atoms with Gasteiger partial charge < -0.3 is 9.80 Å². The summed E-state index contributed by atoms with van der Waals surface area (Å²) in [5.41, 5.74) is 1.07. The molecular formula is C16H22ClN3O. The Morgan fingerprint density at radius 1 is 1.38 bits per heavy atom. The van der Waals surface area contributed by atoms with Gasteiger partial charge in [0.05, 0.1) is 6.54 Å². The van der Waals surface area contributed by atoms with Gasteiger partial charge in [-0.15, -0.1) is 0 Å². The van der Waals surface area contributed by atoms with E-state index in [9.17, 15) is 4.79 Å². The first-order chi connectivity index (χ1) is 10.1. The molecule has 21 heavy (non-hydrogen) atoms. The Morgan fingerprint density at radius 2 is 2.19 bits per heavy atom. The fourth-order valence-electron chi connectivity index (χ4n) is 3.40. The number of piperidine rings is 1. The van der Waals surface area contributed by atoms with Crippen LogP contribution in [-0.4, -0.2) is 47.9 Å². The standard InChI is InChI=1S/C16H22ClN3O/c1-11-8-14(6-7-19(11)2)20-15(21)10-18-16(20)12-4-3-5-13(17)9-12/h3-5,9,11,14,16,18H,6-8,10H2,1-2H3. The van der Waals surface area contributed by atoms with Crippen LogP contribution in [0, 0.1) is 0 Å². The predicted octanol–water partition coefficient (Wildman–Crippen LogP) is 2.25. The lowest BCUT2D eigenvalue weighted by atomic mass is 9.96. The van der Waals surface area contributed by atoms with E-state index >= 15 is 0 Å². The number of nitrogens with zero attached hydrogens (tertiary/aromatic N) is 2. The number of hydrogen-bond donors (Lipinski definition) is 1. The molecule has 2 aliphatic heterocycles. The summed E-state index contributed by atoms with van der Waals surface area (Å²) in [6, 6.07) is 8.61. The Morgan fingerprint density at radius 3 is 2.90 bits per heavy atom. The molecule has 1 N–H and O–H groups in total. The molecule has 0 bridgehead atoms. The van der Waals surface area contributed by atoms with Crippen LogP contribution in [0.25, 0.3) is 0 Å². The second-order valence-electron chi connectivity index (χ2n) is 6.15. The van der Waals surface area contributed by atoms with Crippen LogP contribution in [0.1, 0.15) is 31.5 Å². The lowest BCUT2D eigenvalue weighted by molar-refractivity contribution is -0.131. The Kier molecular flexibility index (Phi) is 4.20. The third-order valence-corrected chi connectivity index (χ3v) is 4.99. The lowest BCUT2D eigenvalue weighted by Gasteiger charge is -2.41. The molecule has 1 aromatic rings. The summed E-state index contributed by atoms with van der Waals surface area (Å²) in [7, 11) is 2.15. The van der Waals surface area contributed by atoms with E-state index in [-0.39, 0.29) is 12.1 Å². The number of carbonyl (C=O) groups excluding carboxylic acids is 1. The molecule has 0 radical (unpaired) electrons. The fourth-order valence-corrected chi connectivity index (χ4v) is 3.60. The van der Waals surface area contributed by atoms with Crippen molar-refractivity contribution in [3.63, 3.8) is 0 Å². The first-order valence-corrected chi connectivity index (χ1v) is 7.94. The second kappa shape index (κ2) is 5.95. The summed E-state index contributed by atoms with van der Waals surface area (Å²) >= 11 is 6.10. The Bertz CT molecular complexity index is 536. The molecule has 0 saturated carbocycles. The summed E-state index contributed by atoms with van der Waals surface area (Å²) in [5, 5.41) is 4.04. The molecule has 0 aliphatic carbocycles. The van der Waals surface area contributed by atoms with Crippen LogP contribution >= 0.6 is 11.6 Å². The van der Waals surface area contributed by atoms with Crippen LogP contribution in [0.4, 0.5) is 0 Å². The van der Waals surface area contributed by atoms with Crippen LogP contribution in [-0.2, 0) is 4.79 Å². The summed E-state index contributed by atoms with van der Waals surface area (Å²) < 4.78 is 0. The average Bonchev–Trinajstić information content (AvgIpc) is 2.84. The van der Waals surface area contributed by atoms with E-state index in [4.69, 9.17) is 11.6 Å². The number of halogens is 1. The highest BCUT2D eigenvalue weighted by Crippen LogP contribution is 2.31. The monoisotopic (exact) mass is 307 g/mol. The maximum absolute atomic E-state index is 12.3. The third kappa shape index (κ3) is 2.93. The van der Waals surface area contributed by atoms with Crippen LogP contribution in [0.5, 0.6) is 0 Å². The van der Waals surface area contributed by atoms with E-state index in [0.29, 0.717) is 23.7 Å².